The molecule has 3 aromatic rings. The molecule has 174 valence electrons. The van der Waals surface area contributed by atoms with Crippen LogP contribution < -0.4 is 15.8 Å². The van der Waals surface area contributed by atoms with Gasteiger partial charge in [0.25, 0.3) is 5.56 Å². The maximum absolute atomic E-state index is 12.7. The van der Waals surface area contributed by atoms with Crippen molar-refractivity contribution in [1.29, 1.82) is 0 Å². The van der Waals surface area contributed by atoms with Crippen LogP contribution >= 0.6 is 12.2 Å². The lowest BCUT2D eigenvalue weighted by Gasteiger charge is -2.29. The van der Waals surface area contributed by atoms with Gasteiger partial charge in [0.1, 0.15) is 5.82 Å². The van der Waals surface area contributed by atoms with E-state index in [-0.39, 0.29) is 11.5 Å². The molecule has 1 aliphatic rings. The fourth-order valence-corrected chi connectivity index (χ4v) is 4.66. The van der Waals surface area contributed by atoms with Gasteiger partial charge in [0.15, 0.2) is 4.77 Å². The van der Waals surface area contributed by atoms with Crippen LogP contribution in [-0.2, 0) is 17.9 Å². The van der Waals surface area contributed by atoms with Gasteiger partial charge in [0.2, 0.25) is 5.91 Å². The third-order valence-corrected chi connectivity index (χ3v) is 6.50. The van der Waals surface area contributed by atoms with E-state index in [9.17, 15) is 9.59 Å². The maximum atomic E-state index is 12.7. The number of aromatic nitrogens is 3. The average Bonchev–Trinajstić information content (AvgIpc) is 2.85. The summed E-state index contributed by atoms with van der Waals surface area (Å²) in [5, 5.41) is 3.69. The van der Waals surface area contributed by atoms with Crippen molar-refractivity contribution in [3.8, 4) is 0 Å². The minimum Gasteiger partial charge on any atom is -0.356 e. The zero-order valence-electron chi connectivity index (χ0n) is 18.9. The number of benzene rings is 1. The van der Waals surface area contributed by atoms with Crippen molar-refractivity contribution in [2.24, 2.45) is 0 Å². The summed E-state index contributed by atoms with van der Waals surface area (Å²) in [6.45, 7) is 3.11. The van der Waals surface area contributed by atoms with E-state index < -0.39 is 0 Å². The maximum Gasteiger partial charge on any atom is 0.262 e. The van der Waals surface area contributed by atoms with Gasteiger partial charge >= 0.3 is 0 Å². The second-order valence-corrected chi connectivity index (χ2v) is 8.94. The number of H-pyrrole nitrogens is 1. The quantitative estimate of drug-likeness (QED) is 0.363. The highest BCUT2D eigenvalue weighted by molar-refractivity contribution is 7.71. The molecule has 2 aromatic heterocycles. The van der Waals surface area contributed by atoms with E-state index in [0.717, 1.165) is 49.2 Å². The molecule has 0 unspecified atom stereocenters. The number of rotatable bonds is 9. The average molecular weight is 466 g/mol. The number of nitrogens with one attached hydrogen (secondary N) is 2. The number of hydrogen-bond donors (Lipinski definition) is 2. The summed E-state index contributed by atoms with van der Waals surface area (Å²) in [6, 6.07) is 11.4. The van der Waals surface area contributed by atoms with E-state index in [4.69, 9.17) is 12.2 Å². The molecule has 0 spiro atoms. The molecule has 0 atom stereocenters. The molecule has 33 heavy (non-hydrogen) atoms. The Kier molecular flexibility index (Phi) is 7.88. The van der Waals surface area contributed by atoms with Gasteiger partial charge in [-0.15, -0.1) is 0 Å². The fourth-order valence-electron chi connectivity index (χ4n) is 4.38. The summed E-state index contributed by atoms with van der Waals surface area (Å²) >= 11 is 5.36. The largest absolute Gasteiger partial charge is 0.356 e. The van der Waals surface area contributed by atoms with Gasteiger partial charge in [-0.3, -0.25) is 14.2 Å². The van der Waals surface area contributed by atoms with Gasteiger partial charge in [0, 0.05) is 44.4 Å². The predicted molar refractivity (Wildman–Crippen MR) is 134 cm³/mol. The first-order valence-corrected chi connectivity index (χ1v) is 12.2. The Morgan fingerprint density at radius 1 is 1.06 bits per heavy atom. The van der Waals surface area contributed by atoms with Crippen molar-refractivity contribution in [2.75, 3.05) is 18.0 Å². The first-order chi connectivity index (χ1) is 16.1. The number of para-hydroxylation sites is 1. The number of unbranched alkanes of at least 4 members (excludes halogenated alkanes) is 2. The molecule has 1 amide bonds. The first kappa shape index (κ1) is 23.2. The lowest BCUT2D eigenvalue weighted by atomic mass is 10.1. The van der Waals surface area contributed by atoms with E-state index in [1.54, 1.807) is 4.57 Å². The van der Waals surface area contributed by atoms with Crippen LogP contribution in [0.2, 0.25) is 0 Å². The summed E-state index contributed by atoms with van der Waals surface area (Å²) in [4.78, 5) is 35.1. The topological polar surface area (TPSA) is 83.0 Å². The van der Waals surface area contributed by atoms with Gasteiger partial charge in [-0.2, -0.15) is 0 Å². The molecule has 2 N–H and O–H groups in total. The van der Waals surface area contributed by atoms with Crippen molar-refractivity contribution in [3.63, 3.8) is 0 Å². The standard InChI is InChI=1S/C25H31N5O2S/c31-22(27-18-19-10-9-14-26-23(19)29-15-6-2-7-16-29)13-3-1-8-17-30-24(32)20-11-4-5-12-21(20)28-25(30)33/h4-5,9-12,14H,1-3,6-8,13,15-18H2,(H,27,31)(H,28,33). The van der Waals surface area contributed by atoms with Gasteiger partial charge in [0.05, 0.1) is 10.9 Å². The van der Waals surface area contributed by atoms with Crippen LogP contribution in [0.4, 0.5) is 5.82 Å². The molecule has 4 rings (SSSR count). The Bertz CT molecular complexity index is 1210. The van der Waals surface area contributed by atoms with Crippen molar-refractivity contribution < 1.29 is 4.79 Å². The van der Waals surface area contributed by atoms with Crippen LogP contribution in [-0.4, -0.2) is 33.5 Å². The second kappa shape index (κ2) is 11.2. The molecule has 3 heterocycles. The Morgan fingerprint density at radius 2 is 1.88 bits per heavy atom. The number of carbonyl (C=O) groups is 1. The molecular weight excluding hydrogens is 434 g/mol. The van der Waals surface area contributed by atoms with Crippen molar-refractivity contribution in [1.82, 2.24) is 19.9 Å². The Balaban J connectivity index is 1.22. The number of pyridine rings is 1. The third-order valence-electron chi connectivity index (χ3n) is 6.17. The second-order valence-electron chi connectivity index (χ2n) is 8.55. The lowest BCUT2D eigenvalue weighted by Crippen LogP contribution is -2.32. The highest BCUT2D eigenvalue weighted by Gasteiger charge is 2.15. The number of fused-ring (bicyclic) bond motifs is 1. The van der Waals surface area contributed by atoms with Gasteiger partial charge in [-0.1, -0.05) is 24.6 Å². The molecule has 0 radical (unpaired) electrons. The monoisotopic (exact) mass is 465 g/mol. The zero-order valence-corrected chi connectivity index (χ0v) is 19.7. The van der Waals surface area contributed by atoms with Crippen molar-refractivity contribution in [2.45, 2.75) is 58.0 Å². The minimum absolute atomic E-state index is 0.0450. The van der Waals surface area contributed by atoms with E-state index in [1.165, 1.54) is 19.3 Å². The van der Waals surface area contributed by atoms with Crippen LogP contribution in [0.5, 0.6) is 0 Å². The van der Waals surface area contributed by atoms with Gasteiger partial charge in [-0.25, -0.2) is 4.98 Å². The summed E-state index contributed by atoms with van der Waals surface area (Å²) in [7, 11) is 0. The van der Waals surface area contributed by atoms with E-state index in [1.807, 2.05) is 42.6 Å². The molecule has 0 aliphatic carbocycles. The Morgan fingerprint density at radius 3 is 2.73 bits per heavy atom. The Labute approximate surface area is 198 Å². The smallest absolute Gasteiger partial charge is 0.262 e. The molecule has 0 bridgehead atoms. The van der Waals surface area contributed by atoms with Crippen molar-refractivity contribution >= 4 is 34.8 Å². The molecular formula is C25H31N5O2S. The van der Waals surface area contributed by atoms with Gasteiger partial charge < -0.3 is 15.2 Å². The number of piperidine rings is 1. The predicted octanol–water partition coefficient (Wildman–Crippen LogP) is 4.32. The van der Waals surface area contributed by atoms with Crippen LogP contribution in [0.3, 0.4) is 0 Å². The van der Waals surface area contributed by atoms with Crippen molar-refractivity contribution in [3.05, 3.63) is 63.3 Å². The minimum atomic E-state index is -0.0620. The molecule has 0 saturated carbocycles. The molecule has 1 aliphatic heterocycles. The number of hydrogen-bond acceptors (Lipinski definition) is 5. The van der Waals surface area contributed by atoms with Crippen LogP contribution in [0.15, 0.2) is 47.4 Å². The number of carbonyl (C=O) groups excluding carboxylic acids is 1. The van der Waals surface area contributed by atoms with Crippen LogP contribution in [0.25, 0.3) is 10.9 Å². The zero-order chi connectivity index (χ0) is 23.0. The van der Waals surface area contributed by atoms with E-state index in [0.29, 0.717) is 29.7 Å². The highest BCUT2D eigenvalue weighted by Crippen LogP contribution is 2.21. The first-order valence-electron chi connectivity index (χ1n) is 11.8. The normalized spacial score (nSPS) is 13.9. The SMILES string of the molecule is O=C(CCCCCn1c(=S)[nH]c2ccccc2c1=O)NCc1cccnc1N1CCCCC1. The number of nitrogens with zero attached hydrogens (tertiary/aromatic N) is 3. The van der Waals surface area contributed by atoms with E-state index in [2.05, 4.69) is 20.2 Å². The summed E-state index contributed by atoms with van der Waals surface area (Å²) in [6.07, 6.45) is 8.38. The summed E-state index contributed by atoms with van der Waals surface area (Å²) in [5.41, 5.74) is 1.77. The van der Waals surface area contributed by atoms with E-state index >= 15 is 0 Å². The van der Waals surface area contributed by atoms with Crippen LogP contribution in [0.1, 0.15) is 50.5 Å². The van der Waals surface area contributed by atoms with Gasteiger partial charge in [-0.05, 0) is 62.5 Å². The number of anilines is 1. The lowest BCUT2D eigenvalue weighted by molar-refractivity contribution is -0.121. The molecule has 1 aromatic carbocycles. The molecule has 1 saturated heterocycles. The molecule has 8 heteroatoms. The summed E-state index contributed by atoms with van der Waals surface area (Å²) in [5.74, 6) is 1.04. The highest BCUT2D eigenvalue weighted by atomic mass is 32.1. The summed E-state index contributed by atoms with van der Waals surface area (Å²) < 4.78 is 2.06. The fraction of sp³-hybridized carbons (Fsp3) is 0.440. The molecule has 7 nitrogen and oxygen atoms in total. The number of aromatic amines is 1. The third kappa shape index (κ3) is 5.87. The number of amides is 1. The van der Waals surface area contributed by atoms with Crippen LogP contribution in [0, 0.1) is 4.77 Å². The molecule has 1 fully saturated rings. The Hall–Kier alpha value is -3.00.